The van der Waals surface area contributed by atoms with Gasteiger partial charge in [0.2, 0.25) is 0 Å². The monoisotopic (exact) mass is 690 g/mol. The predicted octanol–water partition coefficient (Wildman–Crippen LogP) is 5.67. The molecule has 2 saturated heterocycles. The Morgan fingerprint density at radius 1 is 0.794 bits per heavy atom. The molecule has 4 atom stereocenters. The van der Waals surface area contributed by atoms with E-state index in [1.165, 1.54) is 24.3 Å². The molecule has 0 bridgehead atoms. The van der Waals surface area contributed by atoms with Crippen molar-refractivity contribution in [1.82, 2.24) is 19.6 Å². The first-order valence-electron chi connectivity index (χ1n) is 11.4. The number of hydrogen-bond acceptors (Lipinski definition) is 4. The third kappa shape index (κ3) is 4.35. The van der Waals surface area contributed by atoms with Crippen molar-refractivity contribution in [1.29, 1.82) is 0 Å². The van der Waals surface area contributed by atoms with Crippen molar-refractivity contribution in [3.8, 4) is 0 Å². The van der Waals surface area contributed by atoms with Crippen LogP contribution in [0.4, 0.5) is 8.78 Å². The highest BCUT2D eigenvalue weighted by atomic mass is 127. The van der Waals surface area contributed by atoms with Gasteiger partial charge < -0.3 is 9.47 Å². The van der Waals surface area contributed by atoms with Gasteiger partial charge in [-0.1, -0.05) is 0 Å². The van der Waals surface area contributed by atoms with Crippen LogP contribution in [0, 0.1) is 19.0 Å². The third-order valence-electron chi connectivity index (χ3n) is 6.75. The fourth-order valence-corrected chi connectivity index (χ4v) is 6.54. The Labute approximate surface area is 222 Å². The number of hydrogen-bond donors (Lipinski definition) is 0. The standard InChI is InChI=1S/C24H22F2I2N4O2/c25-13-1-5-19-17(9-13)24(28)32(29-19)12-16-4-8-22(34-16)21-7-3-15(33-21)11-31-20-6-2-14(26)10-18(20)23(27)30-31/h1-2,5-6,9-10,15-16,21-22H,3-4,7-8,11-12H2. The van der Waals surface area contributed by atoms with Crippen molar-refractivity contribution >= 4 is 67.0 Å². The molecule has 2 fully saturated rings. The molecule has 0 amide bonds. The van der Waals surface area contributed by atoms with E-state index in [2.05, 4.69) is 55.4 Å². The van der Waals surface area contributed by atoms with Gasteiger partial charge in [-0.3, -0.25) is 9.36 Å². The summed E-state index contributed by atoms with van der Waals surface area (Å²) in [7, 11) is 0. The Kier molecular flexibility index (Phi) is 6.27. The fourth-order valence-electron chi connectivity index (χ4n) is 5.11. The number of fused-ring (bicyclic) bond motifs is 2. The predicted molar refractivity (Wildman–Crippen MR) is 141 cm³/mol. The summed E-state index contributed by atoms with van der Waals surface area (Å²) in [6, 6.07) is 9.48. The second-order valence-corrected chi connectivity index (χ2v) is 11.1. The molecular weight excluding hydrogens is 668 g/mol. The van der Waals surface area contributed by atoms with Crippen LogP contribution in [0.1, 0.15) is 25.7 Å². The molecule has 6 rings (SSSR count). The molecule has 2 aromatic carbocycles. The summed E-state index contributed by atoms with van der Waals surface area (Å²) in [4.78, 5) is 0. The van der Waals surface area contributed by atoms with Gasteiger partial charge in [-0.2, -0.15) is 10.2 Å². The smallest absolute Gasteiger partial charge is 0.131 e. The van der Waals surface area contributed by atoms with Crippen LogP contribution in [0.15, 0.2) is 36.4 Å². The average molecular weight is 690 g/mol. The molecule has 0 saturated carbocycles. The molecule has 4 aromatic rings. The lowest BCUT2D eigenvalue weighted by Gasteiger charge is -2.21. The lowest BCUT2D eigenvalue weighted by Crippen LogP contribution is -2.29. The molecule has 10 heteroatoms. The summed E-state index contributed by atoms with van der Waals surface area (Å²) in [6.07, 6.45) is 4.06. The van der Waals surface area contributed by atoms with E-state index >= 15 is 0 Å². The zero-order chi connectivity index (χ0) is 23.4. The van der Waals surface area contributed by atoms with Crippen LogP contribution >= 0.6 is 45.2 Å². The van der Waals surface area contributed by atoms with Crippen molar-refractivity contribution in [2.75, 3.05) is 0 Å². The minimum Gasteiger partial charge on any atom is -0.370 e. The van der Waals surface area contributed by atoms with E-state index in [4.69, 9.17) is 9.47 Å². The molecule has 0 aliphatic carbocycles. The van der Waals surface area contributed by atoms with Crippen LogP contribution in [0.25, 0.3) is 21.8 Å². The quantitative estimate of drug-likeness (QED) is 0.254. The molecule has 0 radical (unpaired) electrons. The van der Waals surface area contributed by atoms with Crippen LogP contribution in [0.3, 0.4) is 0 Å². The Morgan fingerprint density at radius 3 is 2.12 bits per heavy atom. The molecular formula is C24H22F2I2N4O2. The van der Waals surface area contributed by atoms with Crippen LogP contribution in [0.2, 0.25) is 0 Å². The van der Waals surface area contributed by atoms with Crippen molar-refractivity contribution in [2.24, 2.45) is 0 Å². The van der Waals surface area contributed by atoms with Crippen LogP contribution < -0.4 is 0 Å². The van der Waals surface area contributed by atoms with Crippen molar-refractivity contribution < 1.29 is 18.3 Å². The summed E-state index contributed by atoms with van der Waals surface area (Å²) in [5, 5.41) is 10.9. The molecule has 0 spiro atoms. The third-order valence-corrected chi connectivity index (χ3v) is 8.69. The highest BCUT2D eigenvalue weighted by Gasteiger charge is 2.38. The maximum Gasteiger partial charge on any atom is 0.131 e. The Bertz CT molecular complexity index is 1370. The van der Waals surface area contributed by atoms with Crippen LogP contribution in [0.5, 0.6) is 0 Å². The molecule has 178 valence electrons. The zero-order valence-corrected chi connectivity index (χ0v) is 22.4. The maximum absolute atomic E-state index is 13.6. The number of nitrogens with zero attached hydrogens (tertiary/aromatic N) is 4. The number of ether oxygens (including phenoxy) is 2. The van der Waals surface area contributed by atoms with Gasteiger partial charge in [0, 0.05) is 10.8 Å². The van der Waals surface area contributed by atoms with Gasteiger partial charge in [-0.15, -0.1) is 0 Å². The highest BCUT2D eigenvalue weighted by Crippen LogP contribution is 2.33. The van der Waals surface area contributed by atoms with Crippen LogP contribution in [-0.4, -0.2) is 44.0 Å². The van der Waals surface area contributed by atoms with Gasteiger partial charge in [0.25, 0.3) is 0 Å². The summed E-state index contributed by atoms with van der Waals surface area (Å²) < 4.78 is 45.6. The van der Waals surface area contributed by atoms with E-state index < -0.39 is 0 Å². The molecule has 2 aliphatic heterocycles. The largest absolute Gasteiger partial charge is 0.370 e. The lowest BCUT2D eigenvalue weighted by atomic mass is 10.1. The molecule has 4 heterocycles. The van der Waals surface area contributed by atoms with E-state index in [1.807, 2.05) is 9.36 Å². The molecule has 6 nitrogen and oxygen atoms in total. The minimum absolute atomic E-state index is 0.0591. The Hall–Kier alpha value is -1.38. The second kappa shape index (κ2) is 9.25. The minimum atomic E-state index is -0.250. The first-order chi connectivity index (χ1) is 16.4. The fraction of sp³-hybridized carbons (Fsp3) is 0.417. The molecule has 34 heavy (non-hydrogen) atoms. The van der Waals surface area contributed by atoms with Gasteiger partial charge in [0.15, 0.2) is 0 Å². The number of rotatable bonds is 5. The van der Waals surface area contributed by atoms with Gasteiger partial charge in [0.05, 0.1) is 48.5 Å². The summed E-state index contributed by atoms with van der Waals surface area (Å²) in [5.74, 6) is -0.500. The number of benzene rings is 2. The van der Waals surface area contributed by atoms with Gasteiger partial charge >= 0.3 is 0 Å². The maximum atomic E-state index is 13.6. The van der Waals surface area contributed by atoms with E-state index in [1.54, 1.807) is 12.1 Å². The SMILES string of the molecule is Fc1ccc2nn(CC3CCC(C4CCC(Cn5nc(I)c6cc(F)ccc65)O4)O3)c(I)c2c1. The Balaban J connectivity index is 1.08. The lowest BCUT2D eigenvalue weighted by molar-refractivity contribution is -0.0711. The first-order valence-corrected chi connectivity index (χ1v) is 13.5. The molecule has 2 aliphatic rings. The average Bonchev–Trinajstić information content (AvgIpc) is 3.58. The Morgan fingerprint density at radius 2 is 1.41 bits per heavy atom. The number of aromatic nitrogens is 4. The van der Waals surface area contributed by atoms with Crippen molar-refractivity contribution in [2.45, 2.75) is 63.2 Å². The normalized spacial score (nSPS) is 25.2. The van der Waals surface area contributed by atoms with E-state index in [0.717, 1.165) is 54.9 Å². The topological polar surface area (TPSA) is 54.1 Å². The molecule has 2 aromatic heterocycles. The van der Waals surface area contributed by atoms with E-state index in [-0.39, 0.29) is 36.1 Å². The highest BCUT2D eigenvalue weighted by molar-refractivity contribution is 14.1. The van der Waals surface area contributed by atoms with Gasteiger partial charge in [0.1, 0.15) is 19.0 Å². The number of halogens is 4. The van der Waals surface area contributed by atoms with E-state index in [0.29, 0.717) is 13.1 Å². The zero-order valence-electron chi connectivity index (χ0n) is 18.1. The summed E-state index contributed by atoms with van der Waals surface area (Å²) >= 11 is 4.38. The second-order valence-electron chi connectivity index (χ2n) is 9.02. The van der Waals surface area contributed by atoms with E-state index in [9.17, 15) is 8.78 Å². The van der Waals surface area contributed by atoms with Gasteiger partial charge in [-0.05, 0) is 107 Å². The van der Waals surface area contributed by atoms with Crippen LogP contribution in [-0.2, 0) is 22.6 Å². The summed E-state index contributed by atoms with van der Waals surface area (Å²) in [6.45, 7) is 1.29. The summed E-state index contributed by atoms with van der Waals surface area (Å²) in [5.41, 5.74) is 1.72. The first kappa shape index (κ1) is 23.0. The van der Waals surface area contributed by atoms with Crippen molar-refractivity contribution in [3.05, 3.63) is 55.4 Å². The van der Waals surface area contributed by atoms with Crippen molar-refractivity contribution in [3.63, 3.8) is 0 Å². The van der Waals surface area contributed by atoms with Gasteiger partial charge in [-0.25, -0.2) is 8.78 Å². The molecule has 4 unspecified atom stereocenters. The molecule has 0 N–H and O–H groups in total.